The van der Waals surface area contributed by atoms with Gasteiger partial charge in [0.05, 0.1) is 29.8 Å². The van der Waals surface area contributed by atoms with Crippen molar-refractivity contribution in [3.8, 4) is 17.2 Å². The summed E-state index contributed by atoms with van der Waals surface area (Å²) >= 11 is 0. The smallest absolute Gasteiger partial charge is 0.413 e. The van der Waals surface area contributed by atoms with Crippen LogP contribution in [-0.4, -0.2) is 47.2 Å². The van der Waals surface area contributed by atoms with Crippen LogP contribution in [0.15, 0.2) is 89.7 Å². The summed E-state index contributed by atoms with van der Waals surface area (Å²) in [5, 5.41) is 27.4. The van der Waals surface area contributed by atoms with Gasteiger partial charge in [0.25, 0.3) is 5.91 Å². The van der Waals surface area contributed by atoms with Crippen molar-refractivity contribution >= 4 is 40.1 Å². The number of amides is 2. The van der Waals surface area contributed by atoms with E-state index < -0.39 is 23.9 Å². The van der Waals surface area contributed by atoms with Gasteiger partial charge in [0.15, 0.2) is 17.1 Å². The third kappa shape index (κ3) is 5.30. The summed E-state index contributed by atoms with van der Waals surface area (Å²) in [6.45, 7) is 0. The average Bonchev–Trinajstić information content (AvgIpc) is 3.47. The number of nitrogens with zero attached hydrogens (tertiary/aromatic N) is 4. The standard InChI is InChI=1S/C31H23N5O6/c1-36(31(40)41-2)25-15-26-23(14-21(25)20-9-6-12-33-17-20)27(35-42-26)30(39)34-24-11-10-18(16-32)13-22(24)29(38)28(37)19-7-4-3-5-8-19/h3-15,17,29,38H,1-2H3,(H,34,39). The number of anilines is 2. The highest BCUT2D eigenvalue weighted by Crippen LogP contribution is 2.36. The second-order valence-corrected chi connectivity index (χ2v) is 9.17. The van der Waals surface area contributed by atoms with E-state index in [1.165, 1.54) is 37.3 Å². The van der Waals surface area contributed by atoms with Gasteiger partial charge in [0.2, 0.25) is 0 Å². The number of aromatic nitrogens is 2. The molecule has 1 unspecified atom stereocenters. The Morgan fingerprint density at radius 3 is 2.55 bits per heavy atom. The largest absolute Gasteiger partial charge is 0.452 e. The third-order valence-corrected chi connectivity index (χ3v) is 6.62. The first-order chi connectivity index (χ1) is 20.3. The van der Waals surface area contributed by atoms with E-state index in [-0.39, 0.29) is 33.7 Å². The molecule has 11 nitrogen and oxygen atoms in total. The Morgan fingerprint density at radius 1 is 1.07 bits per heavy atom. The fourth-order valence-electron chi connectivity index (χ4n) is 4.46. The number of aliphatic hydroxyl groups is 1. The molecule has 0 fully saturated rings. The molecule has 0 radical (unpaired) electrons. The first-order valence-electron chi connectivity index (χ1n) is 12.6. The molecule has 42 heavy (non-hydrogen) atoms. The molecule has 11 heteroatoms. The maximum absolute atomic E-state index is 13.5. The Bertz CT molecular complexity index is 1850. The van der Waals surface area contributed by atoms with Crippen LogP contribution in [0.2, 0.25) is 0 Å². The fraction of sp³-hybridized carbons (Fsp3) is 0.0968. The number of ketones is 1. The van der Waals surface area contributed by atoms with E-state index in [0.717, 1.165) is 0 Å². The number of hydrogen-bond acceptors (Lipinski definition) is 9. The minimum absolute atomic E-state index is 0.0436. The van der Waals surface area contributed by atoms with Crippen LogP contribution in [0.3, 0.4) is 0 Å². The Kier molecular flexibility index (Phi) is 7.72. The lowest BCUT2D eigenvalue weighted by atomic mass is 9.97. The van der Waals surface area contributed by atoms with Crippen molar-refractivity contribution in [1.29, 1.82) is 5.26 Å². The van der Waals surface area contributed by atoms with Gasteiger partial charge in [-0.15, -0.1) is 0 Å². The van der Waals surface area contributed by atoms with Crippen LogP contribution in [0.5, 0.6) is 0 Å². The van der Waals surface area contributed by atoms with Gasteiger partial charge in [-0.25, -0.2) is 4.79 Å². The lowest BCUT2D eigenvalue weighted by Gasteiger charge is -2.19. The molecular weight excluding hydrogens is 538 g/mol. The third-order valence-electron chi connectivity index (χ3n) is 6.62. The lowest BCUT2D eigenvalue weighted by Crippen LogP contribution is -2.26. The minimum Gasteiger partial charge on any atom is -0.452 e. The molecule has 5 rings (SSSR count). The first-order valence-corrected chi connectivity index (χ1v) is 12.6. The molecule has 0 aliphatic rings. The predicted octanol–water partition coefficient (Wildman–Crippen LogP) is 5.13. The number of aliphatic hydroxyl groups excluding tert-OH is 1. The van der Waals surface area contributed by atoms with E-state index in [2.05, 4.69) is 15.5 Å². The van der Waals surface area contributed by atoms with Crippen molar-refractivity contribution in [3.05, 3.63) is 108 Å². The Morgan fingerprint density at radius 2 is 1.86 bits per heavy atom. The quantitative estimate of drug-likeness (QED) is 0.257. The number of ether oxygens (including phenoxy) is 1. The molecule has 0 aliphatic carbocycles. The summed E-state index contributed by atoms with van der Waals surface area (Å²) in [4.78, 5) is 44.3. The van der Waals surface area contributed by atoms with Crippen molar-refractivity contribution < 1.29 is 28.8 Å². The number of pyridine rings is 1. The molecule has 0 aliphatic heterocycles. The van der Waals surface area contributed by atoms with Crippen molar-refractivity contribution in [2.75, 3.05) is 24.4 Å². The van der Waals surface area contributed by atoms with Gasteiger partial charge in [-0.1, -0.05) is 41.6 Å². The number of carbonyl (C=O) groups is 3. The van der Waals surface area contributed by atoms with Gasteiger partial charge in [0, 0.05) is 53.4 Å². The number of hydrogen-bond donors (Lipinski definition) is 2. The predicted molar refractivity (Wildman–Crippen MR) is 153 cm³/mol. The molecule has 2 N–H and O–H groups in total. The summed E-state index contributed by atoms with van der Waals surface area (Å²) in [7, 11) is 2.80. The van der Waals surface area contributed by atoms with Crippen LogP contribution < -0.4 is 10.2 Å². The summed E-state index contributed by atoms with van der Waals surface area (Å²) in [5.74, 6) is -1.29. The SMILES string of the molecule is COC(=O)N(C)c1cc2onc(C(=O)Nc3ccc(C#N)cc3C(O)C(=O)c3ccccc3)c2cc1-c1cccnc1. The lowest BCUT2D eigenvalue weighted by molar-refractivity contribution is 0.0747. The van der Waals surface area contributed by atoms with Crippen molar-refractivity contribution in [1.82, 2.24) is 10.1 Å². The average molecular weight is 562 g/mol. The van der Waals surface area contributed by atoms with Gasteiger partial charge in [-0.3, -0.25) is 19.5 Å². The maximum atomic E-state index is 13.5. The van der Waals surface area contributed by atoms with E-state index in [4.69, 9.17) is 9.26 Å². The van der Waals surface area contributed by atoms with Crippen LogP contribution >= 0.6 is 0 Å². The van der Waals surface area contributed by atoms with E-state index >= 15 is 0 Å². The number of methoxy groups -OCH3 is 1. The molecule has 0 saturated heterocycles. The molecule has 0 saturated carbocycles. The molecule has 208 valence electrons. The topological polar surface area (TPSA) is 159 Å². The highest BCUT2D eigenvalue weighted by Gasteiger charge is 2.26. The van der Waals surface area contributed by atoms with Gasteiger partial charge >= 0.3 is 6.09 Å². The summed E-state index contributed by atoms with van der Waals surface area (Å²) < 4.78 is 10.3. The van der Waals surface area contributed by atoms with Gasteiger partial charge in [-0.2, -0.15) is 5.26 Å². The van der Waals surface area contributed by atoms with E-state index in [9.17, 15) is 24.8 Å². The van der Waals surface area contributed by atoms with Crippen LogP contribution in [0.4, 0.5) is 16.2 Å². The Hall–Kier alpha value is -5.86. The molecule has 2 aromatic heterocycles. The van der Waals surface area contributed by atoms with Crippen LogP contribution in [-0.2, 0) is 4.74 Å². The van der Waals surface area contributed by atoms with Gasteiger partial charge in [0.1, 0.15) is 6.10 Å². The summed E-state index contributed by atoms with van der Waals surface area (Å²) in [5.41, 5.74) is 2.41. The Labute approximate surface area is 239 Å². The fourth-order valence-corrected chi connectivity index (χ4v) is 4.46. The number of Topliss-reactive ketones (excluding diaryl/α,β-unsaturated/α-hetero) is 1. The number of nitriles is 1. The molecule has 1 atom stereocenters. The summed E-state index contributed by atoms with van der Waals surface area (Å²) in [6.07, 6.45) is 0.945. The molecule has 2 heterocycles. The van der Waals surface area contributed by atoms with Crippen molar-refractivity contribution in [2.24, 2.45) is 0 Å². The monoisotopic (exact) mass is 561 g/mol. The molecule has 0 bridgehead atoms. The van der Waals surface area contributed by atoms with Crippen LogP contribution in [0, 0.1) is 11.3 Å². The minimum atomic E-state index is -1.65. The zero-order valence-corrected chi connectivity index (χ0v) is 22.4. The molecule has 5 aromatic rings. The molecule has 3 aromatic carbocycles. The van der Waals surface area contributed by atoms with E-state index in [1.807, 2.05) is 6.07 Å². The van der Waals surface area contributed by atoms with E-state index in [1.54, 1.807) is 67.0 Å². The van der Waals surface area contributed by atoms with E-state index in [0.29, 0.717) is 22.2 Å². The zero-order chi connectivity index (χ0) is 29.8. The zero-order valence-electron chi connectivity index (χ0n) is 22.4. The maximum Gasteiger partial charge on any atom is 0.413 e. The van der Waals surface area contributed by atoms with Gasteiger partial charge in [-0.05, 0) is 30.3 Å². The molecular formula is C31H23N5O6. The van der Waals surface area contributed by atoms with Crippen molar-refractivity contribution in [3.63, 3.8) is 0 Å². The number of fused-ring (bicyclic) bond motifs is 1. The second kappa shape index (κ2) is 11.7. The summed E-state index contributed by atoms with van der Waals surface area (Å²) in [6, 6.07) is 21.1. The second-order valence-electron chi connectivity index (χ2n) is 9.17. The molecule has 0 spiro atoms. The van der Waals surface area contributed by atoms with Crippen LogP contribution in [0.1, 0.15) is 38.1 Å². The number of carbonyl (C=O) groups excluding carboxylic acids is 3. The number of nitrogens with one attached hydrogen (secondary N) is 1. The molecule has 2 amide bonds. The van der Waals surface area contributed by atoms with Crippen LogP contribution in [0.25, 0.3) is 22.1 Å². The highest BCUT2D eigenvalue weighted by atomic mass is 16.5. The van der Waals surface area contributed by atoms with Gasteiger partial charge < -0.3 is 19.7 Å². The van der Waals surface area contributed by atoms with Crippen molar-refractivity contribution in [2.45, 2.75) is 6.10 Å². The normalized spacial score (nSPS) is 11.4. The number of rotatable bonds is 7. The Balaban J connectivity index is 1.55. The number of benzene rings is 3. The highest BCUT2D eigenvalue weighted by molar-refractivity contribution is 6.13. The first kappa shape index (κ1) is 27.7.